The molecule has 0 aliphatic carbocycles. The molecule has 5 nitrogen and oxygen atoms in total. The van der Waals surface area contributed by atoms with Crippen LogP contribution in [0, 0.1) is 11.8 Å². The van der Waals surface area contributed by atoms with Crippen molar-refractivity contribution in [2.75, 3.05) is 0 Å². The van der Waals surface area contributed by atoms with Crippen LogP contribution in [-0.4, -0.2) is 29.2 Å². The second kappa shape index (κ2) is 5.25. The van der Waals surface area contributed by atoms with Gasteiger partial charge >= 0.3 is 5.97 Å². The Balaban J connectivity index is 1.66. The second-order valence-corrected chi connectivity index (χ2v) is 5.38. The fourth-order valence-electron chi connectivity index (χ4n) is 3.23. The van der Waals surface area contributed by atoms with Crippen molar-refractivity contribution >= 4 is 11.9 Å². The van der Waals surface area contributed by atoms with Crippen LogP contribution in [-0.2, 0) is 20.9 Å². The number of amides is 1. The highest BCUT2D eigenvalue weighted by Crippen LogP contribution is 2.43. The number of ether oxygens (including phenoxy) is 1. The molecule has 2 bridgehead atoms. The maximum atomic E-state index is 12.3. The minimum atomic E-state index is -0.933. The van der Waals surface area contributed by atoms with Crippen molar-refractivity contribution < 1.29 is 19.4 Å². The quantitative estimate of drug-likeness (QED) is 0.865. The predicted octanol–water partition coefficient (Wildman–Crippen LogP) is 1.18. The maximum absolute atomic E-state index is 12.3. The molecule has 0 spiro atoms. The van der Waals surface area contributed by atoms with E-state index in [2.05, 4.69) is 5.32 Å². The Morgan fingerprint density at radius 3 is 2.45 bits per heavy atom. The molecule has 5 heteroatoms. The van der Waals surface area contributed by atoms with E-state index in [0.29, 0.717) is 6.54 Å². The highest BCUT2D eigenvalue weighted by Gasteiger charge is 2.55. The summed E-state index contributed by atoms with van der Waals surface area (Å²) >= 11 is 0. The molecule has 1 aromatic carbocycles. The molecule has 2 unspecified atom stereocenters. The van der Waals surface area contributed by atoms with Crippen molar-refractivity contribution in [3.63, 3.8) is 0 Å². The Hall–Kier alpha value is -1.88. The number of rotatable bonds is 4. The lowest BCUT2D eigenvalue weighted by Gasteiger charge is -2.23. The average Bonchev–Trinajstić information content (AvgIpc) is 3.06. The average molecular weight is 275 g/mol. The summed E-state index contributed by atoms with van der Waals surface area (Å²) in [6, 6.07) is 9.57. The smallest absolute Gasteiger partial charge is 0.310 e. The largest absolute Gasteiger partial charge is 0.481 e. The van der Waals surface area contributed by atoms with Crippen LogP contribution in [0.5, 0.6) is 0 Å². The van der Waals surface area contributed by atoms with Crippen LogP contribution in [0.25, 0.3) is 0 Å². The number of carbonyl (C=O) groups excluding carboxylic acids is 1. The third kappa shape index (κ3) is 2.29. The molecule has 3 rings (SSSR count). The van der Waals surface area contributed by atoms with Crippen molar-refractivity contribution in [2.45, 2.75) is 31.6 Å². The summed E-state index contributed by atoms with van der Waals surface area (Å²) in [6.45, 7) is 0.417. The van der Waals surface area contributed by atoms with Crippen molar-refractivity contribution in [1.29, 1.82) is 0 Å². The van der Waals surface area contributed by atoms with E-state index in [1.54, 1.807) is 0 Å². The summed E-state index contributed by atoms with van der Waals surface area (Å²) < 4.78 is 5.59. The molecule has 1 amide bonds. The van der Waals surface area contributed by atoms with Crippen molar-refractivity contribution in [3.05, 3.63) is 35.9 Å². The number of carbonyl (C=O) groups is 2. The fraction of sp³-hybridized carbons (Fsp3) is 0.467. The van der Waals surface area contributed by atoms with Crippen LogP contribution in [0.4, 0.5) is 0 Å². The summed E-state index contributed by atoms with van der Waals surface area (Å²) in [6.07, 6.45) is 0.976. The molecule has 0 radical (unpaired) electrons. The zero-order valence-corrected chi connectivity index (χ0v) is 11.0. The maximum Gasteiger partial charge on any atom is 0.310 e. The highest BCUT2D eigenvalue weighted by atomic mass is 16.5. The molecule has 4 atom stereocenters. The Bertz CT molecular complexity index is 516. The Morgan fingerprint density at radius 2 is 1.80 bits per heavy atom. The normalized spacial score (nSPS) is 31.2. The number of benzene rings is 1. The van der Waals surface area contributed by atoms with E-state index in [1.165, 1.54) is 0 Å². The summed E-state index contributed by atoms with van der Waals surface area (Å²) in [5.41, 5.74) is 0.997. The molecule has 0 aromatic heterocycles. The molecule has 2 fully saturated rings. The van der Waals surface area contributed by atoms with Gasteiger partial charge in [0.1, 0.15) is 0 Å². The molecule has 0 saturated carbocycles. The van der Waals surface area contributed by atoms with Crippen LogP contribution in [0.1, 0.15) is 18.4 Å². The summed E-state index contributed by atoms with van der Waals surface area (Å²) in [5, 5.41) is 12.1. The number of carboxylic acid groups (broad SMARTS) is 1. The van der Waals surface area contributed by atoms with Crippen LogP contribution in [0.2, 0.25) is 0 Å². The van der Waals surface area contributed by atoms with Gasteiger partial charge in [0.25, 0.3) is 0 Å². The fourth-order valence-corrected chi connectivity index (χ4v) is 3.23. The summed E-state index contributed by atoms with van der Waals surface area (Å²) in [7, 11) is 0. The molecule has 2 saturated heterocycles. The molecule has 106 valence electrons. The Labute approximate surface area is 116 Å². The van der Waals surface area contributed by atoms with Crippen molar-refractivity contribution in [3.8, 4) is 0 Å². The van der Waals surface area contributed by atoms with Gasteiger partial charge in [0, 0.05) is 6.54 Å². The Morgan fingerprint density at radius 1 is 1.15 bits per heavy atom. The monoisotopic (exact) mass is 275 g/mol. The SMILES string of the molecule is O=C(O)C1C(C(=O)NCc2ccccc2)[C@H]2CC[C@H]1O2. The predicted molar refractivity (Wildman–Crippen MR) is 70.8 cm³/mol. The molecular formula is C15H17NO4. The van der Waals surface area contributed by atoms with Gasteiger partial charge in [-0.1, -0.05) is 30.3 Å². The standard InChI is InChI=1S/C15H17NO4/c17-14(16-8-9-4-2-1-3-5-9)12-10-6-7-11(20-10)13(12)15(18)19/h1-5,10-13H,6-8H2,(H,16,17)(H,18,19)/t10-,11-,12?,13?/m1/s1. The van der Waals surface area contributed by atoms with Crippen LogP contribution < -0.4 is 5.32 Å². The molecule has 20 heavy (non-hydrogen) atoms. The first-order valence-electron chi connectivity index (χ1n) is 6.86. The van der Waals surface area contributed by atoms with Crippen LogP contribution >= 0.6 is 0 Å². The summed E-state index contributed by atoms with van der Waals surface area (Å²) in [5.74, 6) is -2.41. The molecule has 2 aliphatic rings. The second-order valence-electron chi connectivity index (χ2n) is 5.38. The first-order chi connectivity index (χ1) is 9.66. The van der Waals surface area contributed by atoms with E-state index >= 15 is 0 Å². The van der Waals surface area contributed by atoms with Gasteiger partial charge in [-0.2, -0.15) is 0 Å². The first kappa shape index (κ1) is 13.1. The van der Waals surface area contributed by atoms with Crippen LogP contribution in [0.15, 0.2) is 30.3 Å². The van der Waals surface area contributed by atoms with Gasteiger partial charge in [-0.05, 0) is 18.4 Å². The first-order valence-corrected chi connectivity index (χ1v) is 6.86. The third-order valence-corrected chi connectivity index (χ3v) is 4.17. The lowest BCUT2D eigenvalue weighted by molar-refractivity contribution is -0.147. The van der Waals surface area contributed by atoms with Gasteiger partial charge in [-0.25, -0.2) is 0 Å². The minimum Gasteiger partial charge on any atom is -0.481 e. The van der Waals surface area contributed by atoms with Crippen molar-refractivity contribution in [1.82, 2.24) is 5.32 Å². The van der Waals surface area contributed by atoms with Gasteiger partial charge in [0.05, 0.1) is 24.0 Å². The van der Waals surface area contributed by atoms with E-state index in [4.69, 9.17) is 4.74 Å². The van der Waals surface area contributed by atoms with E-state index in [9.17, 15) is 14.7 Å². The molecule has 2 aliphatic heterocycles. The minimum absolute atomic E-state index is 0.214. The lowest BCUT2D eigenvalue weighted by Crippen LogP contribution is -2.43. The van der Waals surface area contributed by atoms with Crippen molar-refractivity contribution in [2.24, 2.45) is 11.8 Å². The number of aliphatic carboxylic acids is 1. The van der Waals surface area contributed by atoms with Gasteiger partial charge < -0.3 is 15.2 Å². The topological polar surface area (TPSA) is 75.6 Å². The zero-order chi connectivity index (χ0) is 14.1. The number of hydrogen-bond acceptors (Lipinski definition) is 3. The third-order valence-electron chi connectivity index (χ3n) is 4.17. The van der Waals surface area contributed by atoms with Gasteiger partial charge in [0.2, 0.25) is 5.91 Å². The van der Waals surface area contributed by atoms with E-state index in [1.807, 2.05) is 30.3 Å². The van der Waals surface area contributed by atoms with E-state index in [0.717, 1.165) is 18.4 Å². The zero-order valence-electron chi connectivity index (χ0n) is 11.0. The van der Waals surface area contributed by atoms with Gasteiger partial charge in [0.15, 0.2) is 0 Å². The lowest BCUT2D eigenvalue weighted by atomic mass is 9.78. The van der Waals surface area contributed by atoms with Gasteiger partial charge in [-0.15, -0.1) is 0 Å². The summed E-state index contributed by atoms with van der Waals surface area (Å²) in [4.78, 5) is 23.6. The van der Waals surface area contributed by atoms with E-state index in [-0.39, 0.29) is 18.1 Å². The molecule has 2 heterocycles. The van der Waals surface area contributed by atoms with Gasteiger partial charge in [-0.3, -0.25) is 9.59 Å². The molecular weight excluding hydrogens is 258 g/mol. The highest BCUT2D eigenvalue weighted by molar-refractivity contribution is 5.86. The molecule has 1 aromatic rings. The van der Waals surface area contributed by atoms with Crippen LogP contribution in [0.3, 0.4) is 0 Å². The number of hydrogen-bond donors (Lipinski definition) is 2. The van der Waals surface area contributed by atoms with E-state index < -0.39 is 17.8 Å². The molecule has 2 N–H and O–H groups in total. The Kier molecular flexibility index (Phi) is 3.44. The number of carboxylic acids is 1. The number of fused-ring (bicyclic) bond motifs is 2. The number of nitrogens with one attached hydrogen (secondary N) is 1.